The molecule has 0 unspecified atom stereocenters. The second-order valence-electron chi connectivity index (χ2n) is 6.59. The Balaban J connectivity index is 1.51. The lowest BCUT2D eigenvalue weighted by Gasteiger charge is -2.17. The first-order valence-corrected chi connectivity index (χ1v) is 9.21. The Labute approximate surface area is 164 Å². The molecule has 1 N–H and O–H groups in total. The Morgan fingerprint density at radius 1 is 0.929 bits per heavy atom. The molecule has 4 rings (SSSR count). The number of ether oxygens (including phenoxy) is 4. The zero-order chi connectivity index (χ0) is 19.3. The zero-order valence-electron chi connectivity index (χ0n) is 16.0. The van der Waals surface area contributed by atoms with Crippen LogP contribution in [-0.4, -0.2) is 13.9 Å². The van der Waals surface area contributed by atoms with Crippen molar-refractivity contribution < 1.29 is 18.9 Å². The van der Waals surface area contributed by atoms with E-state index in [4.69, 9.17) is 18.9 Å². The van der Waals surface area contributed by atoms with Gasteiger partial charge < -0.3 is 24.3 Å². The third-order valence-electron chi connectivity index (χ3n) is 4.77. The molecule has 0 aromatic heterocycles. The monoisotopic (exact) mass is 377 g/mol. The van der Waals surface area contributed by atoms with Crippen LogP contribution in [0, 0.1) is 6.92 Å². The quantitative estimate of drug-likeness (QED) is 0.633. The first-order valence-electron chi connectivity index (χ1n) is 9.21. The lowest BCUT2D eigenvalue weighted by molar-refractivity contribution is 0.174. The van der Waals surface area contributed by atoms with E-state index in [0.717, 1.165) is 39.8 Å². The van der Waals surface area contributed by atoms with Crippen LogP contribution in [0.1, 0.15) is 16.7 Å². The SMILES string of the molecule is COc1cccc(CNc2ccc3c(c2)OCO3)c1OCc1ccccc1C. The van der Waals surface area contributed by atoms with Crippen LogP contribution in [0.2, 0.25) is 0 Å². The molecule has 1 heterocycles. The topological polar surface area (TPSA) is 49.0 Å². The number of nitrogens with one attached hydrogen (secondary N) is 1. The first kappa shape index (κ1) is 18.0. The van der Waals surface area contributed by atoms with Crippen molar-refractivity contribution >= 4 is 5.69 Å². The number of para-hydroxylation sites is 1. The van der Waals surface area contributed by atoms with E-state index in [0.29, 0.717) is 13.2 Å². The molecular formula is C23H23NO4. The lowest BCUT2D eigenvalue weighted by Crippen LogP contribution is -2.06. The van der Waals surface area contributed by atoms with E-state index >= 15 is 0 Å². The van der Waals surface area contributed by atoms with Crippen molar-refractivity contribution in [1.82, 2.24) is 0 Å². The molecule has 28 heavy (non-hydrogen) atoms. The summed E-state index contributed by atoms with van der Waals surface area (Å²) in [7, 11) is 1.66. The van der Waals surface area contributed by atoms with Crippen LogP contribution >= 0.6 is 0 Å². The van der Waals surface area contributed by atoms with Gasteiger partial charge in [0.25, 0.3) is 0 Å². The molecule has 0 amide bonds. The summed E-state index contributed by atoms with van der Waals surface area (Å²) in [5.74, 6) is 3.00. The Morgan fingerprint density at radius 2 is 1.75 bits per heavy atom. The number of hydrogen-bond donors (Lipinski definition) is 1. The minimum Gasteiger partial charge on any atom is -0.493 e. The van der Waals surface area contributed by atoms with E-state index in [1.165, 1.54) is 5.56 Å². The van der Waals surface area contributed by atoms with E-state index < -0.39 is 0 Å². The third kappa shape index (κ3) is 3.83. The van der Waals surface area contributed by atoms with Gasteiger partial charge >= 0.3 is 0 Å². The average molecular weight is 377 g/mol. The molecule has 1 aliphatic rings. The van der Waals surface area contributed by atoms with Crippen LogP contribution in [-0.2, 0) is 13.2 Å². The normalized spacial score (nSPS) is 11.9. The fourth-order valence-corrected chi connectivity index (χ4v) is 3.15. The largest absolute Gasteiger partial charge is 0.493 e. The third-order valence-corrected chi connectivity index (χ3v) is 4.77. The maximum Gasteiger partial charge on any atom is 0.231 e. The van der Waals surface area contributed by atoms with Gasteiger partial charge in [-0.3, -0.25) is 0 Å². The maximum atomic E-state index is 6.18. The lowest BCUT2D eigenvalue weighted by atomic mass is 10.1. The summed E-state index contributed by atoms with van der Waals surface area (Å²) in [5, 5.41) is 3.42. The highest BCUT2D eigenvalue weighted by Crippen LogP contribution is 2.36. The summed E-state index contributed by atoms with van der Waals surface area (Å²) in [6, 6.07) is 20.0. The van der Waals surface area contributed by atoms with Gasteiger partial charge in [-0.2, -0.15) is 0 Å². The zero-order valence-corrected chi connectivity index (χ0v) is 16.0. The minimum absolute atomic E-state index is 0.269. The summed E-state index contributed by atoms with van der Waals surface area (Å²) in [5.41, 5.74) is 4.34. The summed E-state index contributed by atoms with van der Waals surface area (Å²) < 4.78 is 22.5. The number of rotatable bonds is 7. The molecule has 0 bridgehead atoms. The van der Waals surface area contributed by atoms with Crippen molar-refractivity contribution in [3.05, 3.63) is 77.4 Å². The van der Waals surface area contributed by atoms with Gasteiger partial charge in [-0.15, -0.1) is 0 Å². The molecular weight excluding hydrogens is 354 g/mol. The molecule has 1 aliphatic heterocycles. The van der Waals surface area contributed by atoms with Gasteiger partial charge in [0.2, 0.25) is 6.79 Å². The van der Waals surface area contributed by atoms with Gasteiger partial charge in [0, 0.05) is 23.9 Å². The molecule has 0 fully saturated rings. The van der Waals surface area contributed by atoms with Crippen molar-refractivity contribution in [2.24, 2.45) is 0 Å². The van der Waals surface area contributed by atoms with Crippen LogP contribution < -0.4 is 24.3 Å². The highest BCUT2D eigenvalue weighted by atomic mass is 16.7. The van der Waals surface area contributed by atoms with Crippen molar-refractivity contribution in [3.63, 3.8) is 0 Å². The second-order valence-corrected chi connectivity index (χ2v) is 6.59. The van der Waals surface area contributed by atoms with E-state index in [1.807, 2.05) is 48.5 Å². The van der Waals surface area contributed by atoms with E-state index in [2.05, 4.69) is 24.4 Å². The fourth-order valence-electron chi connectivity index (χ4n) is 3.15. The van der Waals surface area contributed by atoms with Crippen molar-refractivity contribution in [2.75, 3.05) is 19.2 Å². The molecule has 5 nitrogen and oxygen atoms in total. The summed E-state index contributed by atoms with van der Waals surface area (Å²) in [6.07, 6.45) is 0. The summed E-state index contributed by atoms with van der Waals surface area (Å²) in [6.45, 7) is 3.44. The number of fused-ring (bicyclic) bond motifs is 1. The predicted octanol–water partition coefficient (Wildman–Crippen LogP) is 4.92. The minimum atomic E-state index is 0.269. The van der Waals surface area contributed by atoms with Crippen molar-refractivity contribution in [2.45, 2.75) is 20.1 Å². The van der Waals surface area contributed by atoms with Crippen LogP contribution in [0.4, 0.5) is 5.69 Å². The molecule has 3 aromatic rings. The van der Waals surface area contributed by atoms with Gasteiger partial charge in [-0.25, -0.2) is 0 Å². The molecule has 0 spiro atoms. The van der Waals surface area contributed by atoms with E-state index in [1.54, 1.807) is 7.11 Å². The van der Waals surface area contributed by atoms with Crippen molar-refractivity contribution in [3.8, 4) is 23.0 Å². The number of methoxy groups -OCH3 is 1. The Kier molecular flexibility index (Phi) is 5.24. The van der Waals surface area contributed by atoms with Crippen LogP contribution in [0.3, 0.4) is 0 Å². The Bertz CT molecular complexity index is 971. The van der Waals surface area contributed by atoms with E-state index in [9.17, 15) is 0 Å². The molecule has 0 saturated heterocycles. The smallest absolute Gasteiger partial charge is 0.231 e. The first-order chi connectivity index (χ1) is 13.7. The Hall–Kier alpha value is -3.34. The number of anilines is 1. The molecule has 0 radical (unpaired) electrons. The van der Waals surface area contributed by atoms with E-state index in [-0.39, 0.29) is 6.79 Å². The van der Waals surface area contributed by atoms with Gasteiger partial charge in [-0.05, 0) is 36.2 Å². The van der Waals surface area contributed by atoms with Gasteiger partial charge in [-0.1, -0.05) is 36.4 Å². The molecule has 0 aliphatic carbocycles. The number of aryl methyl sites for hydroxylation is 1. The van der Waals surface area contributed by atoms with Gasteiger partial charge in [0.15, 0.2) is 23.0 Å². The van der Waals surface area contributed by atoms with Crippen LogP contribution in [0.15, 0.2) is 60.7 Å². The fraction of sp³-hybridized carbons (Fsp3) is 0.217. The Morgan fingerprint density at radius 3 is 2.61 bits per heavy atom. The summed E-state index contributed by atoms with van der Waals surface area (Å²) >= 11 is 0. The summed E-state index contributed by atoms with van der Waals surface area (Å²) in [4.78, 5) is 0. The standard InChI is InChI=1S/C23H23NO4/c1-16-6-3-4-7-18(16)14-26-23-17(8-5-9-21(23)25-2)13-24-19-10-11-20-22(12-19)28-15-27-20/h3-12,24H,13-15H2,1-2H3. The van der Waals surface area contributed by atoms with Gasteiger partial charge in [0.05, 0.1) is 7.11 Å². The molecule has 3 aromatic carbocycles. The van der Waals surface area contributed by atoms with Gasteiger partial charge in [0.1, 0.15) is 6.61 Å². The van der Waals surface area contributed by atoms with Crippen LogP contribution in [0.25, 0.3) is 0 Å². The average Bonchev–Trinajstić information content (AvgIpc) is 3.19. The molecule has 5 heteroatoms. The second kappa shape index (κ2) is 8.13. The molecule has 0 atom stereocenters. The highest BCUT2D eigenvalue weighted by Gasteiger charge is 2.15. The molecule has 0 saturated carbocycles. The number of benzene rings is 3. The highest BCUT2D eigenvalue weighted by molar-refractivity contribution is 5.56. The number of hydrogen-bond acceptors (Lipinski definition) is 5. The molecule has 144 valence electrons. The maximum absolute atomic E-state index is 6.18. The van der Waals surface area contributed by atoms with Crippen LogP contribution in [0.5, 0.6) is 23.0 Å². The predicted molar refractivity (Wildman–Crippen MR) is 108 cm³/mol. The van der Waals surface area contributed by atoms with Crippen molar-refractivity contribution in [1.29, 1.82) is 0 Å².